The Morgan fingerprint density at radius 2 is 1.55 bits per heavy atom. The van der Waals surface area contributed by atoms with E-state index in [4.69, 9.17) is 14.2 Å². The lowest BCUT2D eigenvalue weighted by Crippen LogP contribution is -2.14. The first kappa shape index (κ1) is 26.3. The van der Waals surface area contributed by atoms with Crippen LogP contribution in [0, 0.1) is 0 Å². The fraction of sp³-hybridized carbons (Fsp3) is 0.500. The van der Waals surface area contributed by atoms with Gasteiger partial charge in [0, 0.05) is 17.2 Å². The van der Waals surface area contributed by atoms with E-state index in [0.29, 0.717) is 28.5 Å². The van der Waals surface area contributed by atoms with Crippen molar-refractivity contribution in [3.05, 3.63) is 48.6 Å². The van der Waals surface area contributed by atoms with Gasteiger partial charge in [-0.1, -0.05) is 56.9 Å². The highest BCUT2D eigenvalue weighted by molar-refractivity contribution is 6.04. The molecule has 0 unspecified atom stereocenters. The predicted octanol–water partition coefficient (Wildman–Crippen LogP) is 6.63. The Kier molecular flexibility index (Phi) is 12.9. The van der Waals surface area contributed by atoms with Crippen molar-refractivity contribution in [1.82, 2.24) is 0 Å². The smallest absolute Gasteiger partial charge is 0.251 e. The normalized spacial score (nSPS) is 11.0. The lowest BCUT2D eigenvalue weighted by atomic mass is 10.0. The molecule has 31 heavy (non-hydrogen) atoms. The summed E-state index contributed by atoms with van der Waals surface area (Å²) in [5, 5.41) is 2.92. The fourth-order valence-corrected chi connectivity index (χ4v) is 3.55. The second kappa shape index (κ2) is 15.2. The number of methoxy groups -OCH3 is 3. The van der Waals surface area contributed by atoms with Crippen molar-refractivity contribution < 1.29 is 19.0 Å². The molecule has 0 heterocycles. The van der Waals surface area contributed by atoms with Gasteiger partial charge in [-0.2, -0.15) is 0 Å². The molecule has 1 aromatic carbocycles. The largest absolute Gasteiger partial charge is 0.494 e. The van der Waals surface area contributed by atoms with Crippen LogP contribution < -0.4 is 19.5 Å². The van der Waals surface area contributed by atoms with E-state index < -0.39 is 0 Å². The molecule has 0 spiro atoms. The average Bonchev–Trinajstić information content (AvgIpc) is 2.77. The van der Waals surface area contributed by atoms with Crippen LogP contribution in [0.15, 0.2) is 43.0 Å². The van der Waals surface area contributed by atoms with Crippen molar-refractivity contribution in [2.75, 3.05) is 26.6 Å². The van der Waals surface area contributed by atoms with Gasteiger partial charge in [0.25, 0.3) is 5.91 Å². The maximum absolute atomic E-state index is 12.5. The maximum atomic E-state index is 12.5. The van der Waals surface area contributed by atoms with Crippen molar-refractivity contribution in [2.24, 2.45) is 0 Å². The molecule has 0 aliphatic heterocycles. The Bertz CT molecular complexity index is 752. The fourth-order valence-electron chi connectivity index (χ4n) is 3.55. The summed E-state index contributed by atoms with van der Waals surface area (Å²) in [6.07, 6.45) is 15.5. The van der Waals surface area contributed by atoms with E-state index in [1.165, 1.54) is 32.1 Å². The number of allylic oxidation sites excluding steroid dienone is 3. The van der Waals surface area contributed by atoms with E-state index in [9.17, 15) is 4.79 Å². The van der Waals surface area contributed by atoms with Gasteiger partial charge in [0.15, 0.2) is 11.5 Å². The third-order valence-electron chi connectivity index (χ3n) is 5.23. The van der Waals surface area contributed by atoms with Gasteiger partial charge < -0.3 is 19.5 Å². The molecule has 0 aliphatic carbocycles. The molecule has 5 heteroatoms. The van der Waals surface area contributed by atoms with Crippen molar-refractivity contribution in [1.29, 1.82) is 0 Å². The zero-order valence-corrected chi connectivity index (χ0v) is 19.7. The van der Waals surface area contributed by atoms with Gasteiger partial charge in [0.2, 0.25) is 0 Å². The molecule has 5 nitrogen and oxygen atoms in total. The monoisotopic (exact) mass is 429 g/mol. The van der Waals surface area contributed by atoms with Crippen LogP contribution in [0.2, 0.25) is 0 Å². The summed E-state index contributed by atoms with van der Waals surface area (Å²) in [4.78, 5) is 12.5. The van der Waals surface area contributed by atoms with Crippen LogP contribution in [-0.4, -0.2) is 27.2 Å². The van der Waals surface area contributed by atoms with Gasteiger partial charge in [0.1, 0.15) is 5.75 Å². The molecule has 1 N–H and O–H groups in total. The summed E-state index contributed by atoms with van der Waals surface area (Å²) in [7, 11) is 4.82. The van der Waals surface area contributed by atoms with Crippen LogP contribution in [-0.2, 0) is 11.2 Å². The summed E-state index contributed by atoms with van der Waals surface area (Å²) in [6.45, 7) is 9.15. The predicted molar refractivity (Wildman–Crippen MR) is 130 cm³/mol. The molecular weight excluding hydrogens is 390 g/mol. The number of ether oxygens (including phenoxy) is 3. The summed E-state index contributed by atoms with van der Waals surface area (Å²) in [5.41, 5.74) is 2.04. The molecule has 0 saturated heterocycles. The zero-order chi connectivity index (χ0) is 23.1. The number of nitrogens with one attached hydrogen (secondary N) is 1. The zero-order valence-electron chi connectivity index (χ0n) is 19.7. The number of hydrogen-bond acceptors (Lipinski definition) is 4. The Morgan fingerprint density at radius 3 is 2.10 bits per heavy atom. The molecule has 0 atom stereocenters. The number of carbonyl (C=O) groups is 1. The summed E-state index contributed by atoms with van der Waals surface area (Å²) in [5.74, 6) is 1.62. The highest BCUT2D eigenvalue weighted by atomic mass is 16.5. The topological polar surface area (TPSA) is 56.8 Å². The Hall–Kier alpha value is -2.69. The number of unbranched alkanes of at least 4 members (excludes halogenated alkanes) is 7. The third-order valence-corrected chi connectivity index (χ3v) is 5.23. The molecule has 0 radical (unpaired) electrons. The Labute approximate surface area is 188 Å². The Morgan fingerprint density at radius 1 is 0.935 bits per heavy atom. The van der Waals surface area contributed by atoms with E-state index in [-0.39, 0.29) is 5.91 Å². The van der Waals surface area contributed by atoms with Crippen LogP contribution >= 0.6 is 0 Å². The van der Waals surface area contributed by atoms with Crippen molar-refractivity contribution >= 4 is 11.6 Å². The van der Waals surface area contributed by atoms with Crippen LogP contribution in [0.25, 0.3) is 0 Å². The molecule has 1 amide bonds. The first-order valence-electron chi connectivity index (χ1n) is 11.1. The second-order valence-electron chi connectivity index (χ2n) is 7.51. The molecule has 1 rings (SSSR count). The van der Waals surface area contributed by atoms with E-state index in [0.717, 1.165) is 31.2 Å². The van der Waals surface area contributed by atoms with Gasteiger partial charge in [-0.15, -0.1) is 6.58 Å². The van der Waals surface area contributed by atoms with Crippen LogP contribution in [0.5, 0.6) is 17.2 Å². The molecule has 0 saturated carbocycles. The van der Waals surface area contributed by atoms with E-state index in [1.807, 2.05) is 6.08 Å². The minimum Gasteiger partial charge on any atom is -0.494 e. The van der Waals surface area contributed by atoms with Crippen LogP contribution in [0.3, 0.4) is 0 Å². The first-order chi connectivity index (χ1) is 15.0. The van der Waals surface area contributed by atoms with Gasteiger partial charge >= 0.3 is 0 Å². The average molecular weight is 430 g/mol. The minimum atomic E-state index is -0.215. The third kappa shape index (κ3) is 8.52. The van der Waals surface area contributed by atoms with E-state index in [2.05, 4.69) is 18.5 Å². The number of benzene rings is 1. The van der Waals surface area contributed by atoms with Gasteiger partial charge in [-0.3, -0.25) is 4.79 Å². The van der Waals surface area contributed by atoms with Crippen molar-refractivity contribution in [3.63, 3.8) is 0 Å². The van der Waals surface area contributed by atoms with Gasteiger partial charge in [0.05, 0.1) is 27.0 Å². The van der Waals surface area contributed by atoms with E-state index >= 15 is 0 Å². The maximum Gasteiger partial charge on any atom is 0.251 e. The summed E-state index contributed by atoms with van der Waals surface area (Å²) < 4.78 is 16.9. The number of hydrogen-bond donors (Lipinski definition) is 1. The molecular formula is C26H39NO4. The minimum absolute atomic E-state index is 0.215. The molecule has 0 fully saturated rings. The lowest BCUT2D eigenvalue weighted by Gasteiger charge is -2.20. The lowest BCUT2D eigenvalue weighted by molar-refractivity contribution is -0.112. The summed E-state index contributed by atoms with van der Waals surface area (Å²) >= 11 is 0. The summed E-state index contributed by atoms with van der Waals surface area (Å²) in [6, 6.07) is 1.74. The van der Waals surface area contributed by atoms with Crippen molar-refractivity contribution in [3.8, 4) is 17.2 Å². The number of amides is 1. The van der Waals surface area contributed by atoms with E-state index in [1.54, 1.807) is 46.5 Å². The number of carbonyl (C=O) groups excluding carboxylic acids is 1. The molecule has 172 valence electrons. The number of anilines is 1. The first-order valence-corrected chi connectivity index (χ1v) is 11.1. The Balaban J connectivity index is 2.91. The molecule has 0 bridgehead atoms. The second-order valence-corrected chi connectivity index (χ2v) is 7.51. The van der Waals surface area contributed by atoms with Crippen LogP contribution in [0.1, 0.15) is 63.9 Å². The van der Waals surface area contributed by atoms with Crippen molar-refractivity contribution in [2.45, 2.75) is 64.7 Å². The van der Waals surface area contributed by atoms with Gasteiger partial charge in [-0.05, 0) is 32.6 Å². The van der Waals surface area contributed by atoms with Crippen LogP contribution in [0.4, 0.5) is 5.69 Å². The molecule has 0 aliphatic rings. The number of rotatable bonds is 16. The highest BCUT2D eigenvalue weighted by Crippen LogP contribution is 2.44. The molecule has 0 aromatic heterocycles. The highest BCUT2D eigenvalue weighted by Gasteiger charge is 2.21. The quantitative estimate of drug-likeness (QED) is 0.139. The standard InChI is InChI=1S/C26H39NO4/c1-7-9-10-11-12-13-14-15-16-18-21-24(30-5)22(19-23(29-4)25(21)31-6)27-26(28)20(3)17-8-2/h7-8,17,19H,1-2,9-16,18H2,3-6H3,(H,27,28)/b20-17+. The SMILES string of the molecule is C=C/C=C(\C)C(=O)Nc1cc(OC)c(OC)c(CCCCCCCCCC=C)c1OC. The van der Waals surface area contributed by atoms with Gasteiger partial charge in [-0.25, -0.2) is 0 Å². The molecule has 1 aromatic rings.